The third kappa shape index (κ3) is 3.00. The topological polar surface area (TPSA) is 29.9 Å². The van der Waals surface area contributed by atoms with Gasteiger partial charge in [0.15, 0.2) is 0 Å². The molecular weight excluding hydrogens is 265 g/mol. The fourth-order valence-electron chi connectivity index (χ4n) is 2.94. The first kappa shape index (κ1) is 14.3. The van der Waals surface area contributed by atoms with Crippen molar-refractivity contribution in [3.8, 4) is 5.69 Å². The molecule has 21 heavy (non-hydrogen) atoms. The first-order valence-electron chi connectivity index (χ1n) is 7.84. The Bertz CT molecular complexity index is 618. The molecule has 1 aliphatic rings. The number of hydrogen-bond acceptors (Lipinski definition) is 2. The first-order chi connectivity index (χ1) is 10.3. The van der Waals surface area contributed by atoms with Crippen LogP contribution in [0, 0.1) is 5.82 Å². The highest BCUT2D eigenvalue weighted by molar-refractivity contribution is 5.39. The zero-order chi connectivity index (χ0) is 14.7. The van der Waals surface area contributed by atoms with Crippen LogP contribution in [0.2, 0.25) is 0 Å². The second-order valence-electron chi connectivity index (χ2n) is 5.68. The van der Waals surface area contributed by atoms with Gasteiger partial charge in [0.2, 0.25) is 0 Å². The molecule has 2 aromatic rings. The van der Waals surface area contributed by atoms with Crippen LogP contribution in [-0.4, -0.2) is 16.1 Å². The highest BCUT2D eigenvalue weighted by Gasteiger charge is 2.17. The van der Waals surface area contributed by atoms with Crippen LogP contribution in [0.3, 0.4) is 0 Å². The molecule has 1 aromatic carbocycles. The summed E-state index contributed by atoms with van der Waals surface area (Å²) < 4.78 is 16.3. The van der Waals surface area contributed by atoms with E-state index in [-0.39, 0.29) is 5.82 Å². The summed E-state index contributed by atoms with van der Waals surface area (Å²) in [6.07, 6.45) is 7.22. The largest absolute Gasteiger partial charge is 0.313 e. The molecule has 1 N–H and O–H groups in total. The van der Waals surface area contributed by atoms with Gasteiger partial charge in [0.1, 0.15) is 5.82 Å². The number of nitrogens with zero attached hydrogens (tertiary/aromatic N) is 2. The summed E-state index contributed by atoms with van der Waals surface area (Å²) in [6.45, 7) is 3.80. The van der Waals surface area contributed by atoms with Crippen LogP contribution in [0.25, 0.3) is 5.69 Å². The number of nitrogens with one attached hydrogen (secondary N) is 1. The number of hydrogen-bond donors (Lipinski definition) is 1. The number of aryl methyl sites for hydroxylation is 1. The Balaban J connectivity index is 1.84. The summed E-state index contributed by atoms with van der Waals surface area (Å²) >= 11 is 0. The van der Waals surface area contributed by atoms with Crippen molar-refractivity contribution in [3.05, 3.63) is 47.3 Å². The molecule has 1 heterocycles. The molecule has 0 amide bonds. The summed E-state index contributed by atoms with van der Waals surface area (Å²) in [5.74, 6) is -0.170. The molecule has 0 spiro atoms. The monoisotopic (exact) mass is 287 g/mol. The lowest BCUT2D eigenvalue weighted by Gasteiger charge is -2.15. The lowest BCUT2D eigenvalue weighted by molar-refractivity contribution is 0.602. The Morgan fingerprint density at radius 2 is 2.14 bits per heavy atom. The Morgan fingerprint density at radius 1 is 1.29 bits per heavy atom. The average Bonchev–Trinajstić information content (AvgIpc) is 2.92. The maximum absolute atomic E-state index is 14.4. The van der Waals surface area contributed by atoms with Gasteiger partial charge in [0.25, 0.3) is 0 Å². The molecule has 0 atom stereocenters. The lowest BCUT2D eigenvalue weighted by Crippen LogP contribution is -2.14. The summed E-state index contributed by atoms with van der Waals surface area (Å²) in [4.78, 5) is 4.44. The highest BCUT2D eigenvalue weighted by Crippen LogP contribution is 2.24. The molecule has 1 aromatic heterocycles. The lowest BCUT2D eigenvalue weighted by atomic mass is 10.0. The van der Waals surface area contributed by atoms with Gasteiger partial charge in [-0.25, -0.2) is 9.37 Å². The van der Waals surface area contributed by atoms with E-state index in [4.69, 9.17) is 0 Å². The molecule has 0 bridgehead atoms. The molecule has 0 radical (unpaired) electrons. The van der Waals surface area contributed by atoms with Crippen molar-refractivity contribution >= 4 is 0 Å². The molecule has 0 unspecified atom stereocenters. The standard InChI is InChI=1S/C17H22FN3/c1-2-9-19-11-13-7-8-16(14(18)10-13)21-12-20-15-5-3-4-6-17(15)21/h7-8,10,12,19H,2-6,9,11H2,1H3. The molecule has 0 saturated heterocycles. The van der Waals surface area contributed by atoms with Crippen molar-refractivity contribution in [3.63, 3.8) is 0 Å². The van der Waals surface area contributed by atoms with Crippen LogP contribution in [0.15, 0.2) is 24.5 Å². The fraction of sp³-hybridized carbons (Fsp3) is 0.471. The van der Waals surface area contributed by atoms with Gasteiger partial charge in [-0.05, 0) is 56.3 Å². The minimum atomic E-state index is -0.170. The second kappa shape index (κ2) is 6.39. The van der Waals surface area contributed by atoms with E-state index >= 15 is 0 Å². The van der Waals surface area contributed by atoms with Crippen molar-refractivity contribution in [2.75, 3.05) is 6.54 Å². The summed E-state index contributed by atoms with van der Waals surface area (Å²) in [5.41, 5.74) is 3.91. The number of fused-ring (bicyclic) bond motifs is 1. The Kier molecular flexibility index (Phi) is 4.34. The molecule has 3 rings (SSSR count). The SMILES string of the molecule is CCCNCc1ccc(-n2cnc3c2CCCC3)c(F)c1. The molecule has 4 heteroatoms. The van der Waals surface area contributed by atoms with E-state index in [0.29, 0.717) is 12.2 Å². The van der Waals surface area contributed by atoms with E-state index in [1.165, 1.54) is 18.5 Å². The number of rotatable bonds is 5. The number of aromatic nitrogens is 2. The molecule has 0 aliphatic heterocycles. The van der Waals surface area contributed by atoms with Crippen LogP contribution in [-0.2, 0) is 19.4 Å². The van der Waals surface area contributed by atoms with Gasteiger partial charge in [0.05, 0.1) is 17.7 Å². The van der Waals surface area contributed by atoms with Crippen molar-refractivity contribution in [1.82, 2.24) is 14.9 Å². The molecule has 0 fully saturated rings. The zero-order valence-corrected chi connectivity index (χ0v) is 12.5. The quantitative estimate of drug-likeness (QED) is 0.854. The van der Waals surface area contributed by atoms with Crippen LogP contribution in [0.4, 0.5) is 4.39 Å². The first-order valence-corrected chi connectivity index (χ1v) is 7.84. The van der Waals surface area contributed by atoms with Gasteiger partial charge in [0, 0.05) is 12.2 Å². The van der Waals surface area contributed by atoms with Gasteiger partial charge in [-0.15, -0.1) is 0 Å². The van der Waals surface area contributed by atoms with E-state index in [0.717, 1.165) is 37.1 Å². The molecule has 3 nitrogen and oxygen atoms in total. The maximum Gasteiger partial charge on any atom is 0.147 e. The number of halogens is 1. The summed E-state index contributed by atoms with van der Waals surface area (Å²) in [7, 11) is 0. The van der Waals surface area contributed by atoms with Gasteiger partial charge in [-0.2, -0.15) is 0 Å². The zero-order valence-electron chi connectivity index (χ0n) is 12.5. The minimum Gasteiger partial charge on any atom is -0.313 e. The Labute approximate surface area is 125 Å². The van der Waals surface area contributed by atoms with Gasteiger partial charge >= 0.3 is 0 Å². The van der Waals surface area contributed by atoms with Crippen LogP contribution in [0.5, 0.6) is 0 Å². The second-order valence-corrected chi connectivity index (χ2v) is 5.68. The van der Waals surface area contributed by atoms with Gasteiger partial charge in [-0.3, -0.25) is 0 Å². The number of benzene rings is 1. The van der Waals surface area contributed by atoms with Crippen molar-refractivity contribution in [2.45, 2.75) is 45.6 Å². The van der Waals surface area contributed by atoms with Crippen molar-refractivity contribution in [1.29, 1.82) is 0 Å². The van der Waals surface area contributed by atoms with Crippen LogP contribution in [0.1, 0.15) is 43.1 Å². The van der Waals surface area contributed by atoms with E-state index in [1.54, 1.807) is 12.4 Å². The van der Waals surface area contributed by atoms with E-state index in [9.17, 15) is 4.39 Å². The third-order valence-corrected chi connectivity index (χ3v) is 4.06. The van der Waals surface area contributed by atoms with Crippen molar-refractivity contribution < 1.29 is 4.39 Å². The number of imidazole rings is 1. The smallest absolute Gasteiger partial charge is 0.147 e. The predicted molar refractivity (Wildman–Crippen MR) is 82.2 cm³/mol. The summed E-state index contributed by atoms with van der Waals surface area (Å²) in [5, 5.41) is 3.30. The van der Waals surface area contributed by atoms with Crippen LogP contribution < -0.4 is 5.32 Å². The van der Waals surface area contributed by atoms with Gasteiger partial charge in [-0.1, -0.05) is 13.0 Å². The Morgan fingerprint density at radius 3 is 2.95 bits per heavy atom. The fourth-order valence-corrected chi connectivity index (χ4v) is 2.94. The van der Waals surface area contributed by atoms with E-state index in [1.807, 2.05) is 16.7 Å². The molecule has 1 aliphatic carbocycles. The summed E-state index contributed by atoms with van der Waals surface area (Å²) in [6, 6.07) is 5.50. The van der Waals surface area contributed by atoms with E-state index < -0.39 is 0 Å². The van der Waals surface area contributed by atoms with E-state index in [2.05, 4.69) is 17.2 Å². The maximum atomic E-state index is 14.4. The normalized spacial score (nSPS) is 14.2. The average molecular weight is 287 g/mol. The van der Waals surface area contributed by atoms with Crippen molar-refractivity contribution in [2.24, 2.45) is 0 Å². The molecule has 112 valence electrons. The predicted octanol–water partition coefficient (Wildman–Crippen LogP) is 3.39. The minimum absolute atomic E-state index is 0.170. The third-order valence-electron chi connectivity index (χ3n) is 4.06. The Hall–Kier alpha value is -1.68. The van der Waals surface area contributed by atoms with Crippen LogP contribution >= 0.6 is 0 Å². The highest BCUT2D eigenvalue weighted by atomic mass is 19.1. The van der Waals surface area contributed by atoms with Gasteiger partial charge < -0.3 is 9.88 Å². The molecular formula is C17H22FN3. The molecule has 0 saturated carbocycles.